The Balaban J connectivity index is 2.15. The summed E-state index contributed by atoms with van der Waals surface area (Å²) in [5.41, 5.74) is 5.66. The van der Waals surface area contributed by atoms with Gasteiger partial charge < -0.3 is 5.73 Å². The number of rotatable bonds is 4. The van der Waals surface area contributed by atoms with Crippen LogP contribution in [-0.4, -0.2) is 17.3 Å². The zero-order valence-corrected chi connectivity index (χ0v) is 10.3. The highest BCUT2D eigenvalue weighted by Gasteiger charge is 2.04. The molecule has 5 heteroatoms. The van der Waals surface area contributed by atoms with Gasteiger partial charge in [-0.05, 0) is 24.3 Å². The first-order valence-electron chi connectivity index (χ1n) is 4.93. The van der Waals surface area contributed by atoms with Gasteiger partial charge in [0, 0.05) is 16.7 Å². The summed E-state index contributed by atoms with van der Waals surface area (Å²) < 4.78 is 13.8. The standard InChI is InChI=1S/C11H11FN2S2/c12-9-3-1-8(2-4-9)10-7-16-11(14-10)15-6-5-13/h1-4,7H,5-6,13H2/p+1. The maximum atomic E-state index is 12.7. The number of nitrogens with zero attached hydrogens (tertiary/aromatic N) is 1. The Hall–Kier alpha value is -0.910. The Labute approximate surface area is 102 Å². The summed E-state index contributed by atoms with van der Waals surface area (Å²) in [5.74, 6) is 0.766. The van der Waals surface area contributed by atoms with E-state index in [0.29, 0.717) is 0 Å². The lowest BCUT2D eigenvalue weighted by atomic mass is 10.2. The van der Waals surface area contributed by atoms with E-state index in [9.17, 15) is 4.39 Å². The highest BCUT2D eigenvalue weighted by Crippen LogP contribution is 2.27. The molecule has 0 spiro atoms. The summed E-state index contributed by atoms with van der Waals surface area (Å²) in [7, 11) is 0. The summed E-state index contributed by atoms with van der Waals surface area (Å²) >= 11 is 3.33. The predicted molar refractivity (Wildman–Crippen MR) is 66.0 cm³/mol. The van der Waals surface area contributed by atoms with Crippen molar-refractivity contribution in [1.29, 1.82) is 0 Å². The molecule has 2 aromatic rings. The molecule has 1 aromatic carbocycles. The number of benzene rings is 1. The zero-order chi connectivity index (χ0) is 11.4. The fourth-order valence-electron chi connectivity index (χ4n) is 1.24. The maximum absolute atomic E-state index is 12.7. The highest BCUT2D eigenvalue weighted by molar-refractivity contribution is 8.01. The second-order valence-corrected chi connectivity index (χ2v) is 5.41. The van der Waals surface area contributed by atoms with Crippen molar-refractivity contribution in [3.05, 3.63) is 35.5 Å². The first kappa shape index (κ1) is 11.6. The molecule has 0 radical (unpaired) electrons. The fourth-order valence-corrected chi connectivity index (χ4v) is 2.94. The van der Waals surface area contributed by atoms with Crippen LogP contribution in [0.1, 0.15) is 0 Å². The van der Waals surface area contributed by atoms with Crippen molar-refractivity contribution >= 4 is 23.1 Å². The van der Waals surface area contributed by atoms with Gasteiger partial charge in [0.05, 0.1) is 12.2 Å². The van der Waals surface area contributed by atoms with Crippen LogP contribution in [0.25, 0.3) is 11.3 Å². The topological polar surface area (TPSA) is 40.5 Å². The van der Waals surface area contributed by atoms with Gasteiger partial charge in [-0.15, -0.1) is 11.3 Å². The number of thiazole rings is 1. The molecule has 0 saturated heterocycles. The van der Waals surface area contributed by atoms with Crippen molar-refractivity contribution in [2.75, 3.05) is 12.3 Å². The molecule has 0 fully saturated rings. The van der Waals surface area contributed by atoms with Gasteiger partial charge in [-0.25, -0.2) is 9.37 Å². The Bertz CT molecular complexity index is 453. The normalized spacial score (nSPS) is 10.6. The van der Waals surface area contributed by atoms with E-state index in [-0.39, 0.29) is 5.82 Å². The first-order valence-corrected chi connectivity index (χ1v) is 6.79. The van der Waals surface area contributed by atoms with E-state index in [1.54, 1.807) is 35.2 Å². The van der Waals surface area contributed by atoms with Gasteiger partial charge in [0.25, 0.3) is 0 Å². The largest absolute Gasteiger partial charge is 0.357 e. The lowest BCUT2D eigenvalue weighted by molar-refractivity contribution is -0.360. The van der Waals surface area contributed by atoms with Crippen LogP contribution in [0.3, 0.4) is 0 Å². The minimum Gasteiger partial charge on any atom is -0.357 e. The lowest BCUT2D eigenvalue weighted by Crippen LogP contribution is -2.51. The van der Waals surface area contributed by atoms with Crippen LogP contribution in [0.15, 0.2) is 34.0 Å². The highest BCUT2D eigenvalue weighted by atomic mass is 32.2. The van der Waals surface area contributed by atoms with E-state index in [0.717, 1.165) is 27.9 Å². The molecule has 0 aliphatic rings. The van der Waals surface area contributed by atoms with Gasteiger partial charge in [0.1, 0.15) is 5.82 Å². The summed E-state index contributed by atoms with van der Waals surface area (Å²) in [6, 6.07) is 6.41. The number of aromatic nitrogens is 1. The molecule has 0 aliphatic carbocycles. The van der Waals surface area contributed by atoms with E-state index >= 15 is 0 Å². The molecular formula is C11H12FN2S2+. The molecule has 0 unspecified atom stereocenters. The summed E-state index contributed by atoms with van der Waals surface area (Å²) in [4.78, 5) is 4.48. The monoisotopic (exact) mass is 255 g/mol. The molecule has 84 valence electrons. The van der Waals surface area contributed by atoms with Gasteiger partial charge in [-0.1, -0.05) is 11.8 Å². The van der Waals surface area contributed by atoms with Gasteiger partial charge in [0.15, 0.2) is 4.34 Å². The number of thioether (sulfide) groups is 1. The molecule has 0 atom stereocenters. The van der Waals surface area contributed by atoms with Crippen molar-refractivity contribution in [1.82, 2.24) is 4.98 Å². The van der Waals surface area contributed by atoms with E-state index in [2.05, 4.69) is 10.7 Å². The molecule has 1 aromatic heterocycles. The van der Waals surface area contributed by atoms with Crippen LogP contribution in [0.5, 0.6) is 0 Å². The Morgan fingerprint density at radius 3 is 2.75 bits per heavy atom. The molecule has 0 amide bonds. The summed E-state index contributed by atoms with van der Waals surface area (Å²) in [6.45, 7) is 0.899. The molecule has 0 bridgehead atoms. The molecule has 1 heterocycles. The van der Waals surface area contributed by atoms with Crippen molar-refractivity contribution in [2.24, 2.45) is 0 Å². The number of quaternary nitrogens is 1. The number of hydrogen-bond acceptors (Lipinski definition) is 3. The zero-order valence-electron chi connectivity index (χ0n) is 8.65. The Morgan fingerprint density at radius 2 is 2.06 bits per heavy atom. The lowest BCUT2D eigenvalue weighted by Gasteiger charge is -1.95. The van der Waals surface area contributed by atoms with E-state index < -0.39 is 0 Å². The van der Waals surface area contributed by atoms with Crippen LogP contribution < -0.4 is 5.73 Å². The predicted octanol–water partition coefficient (Wildman–Crippen LogP) is 2.28. The van der Waals surface area contributed by atoms with Crippen molar-refractivity contribution in [2.45, 2.75) is 4.34 Å². The van der Waals surface area contributed by atoms with Crippen LogP contribution in [-0.2, 0) is 0 Å². The first-order chi connectivity index (χ1) is 7.79. The van der Waals surface area contributed by atoms with Gasteiger partial charge in [-0.2, -0.15) is 0 Å². The minimum absolute atomic E-state index is 0.217. The summed E-state index contributed by atoms with van der Waals surface area (Å²) in [6.07, 6.45) is 0. The third-order valence-electron chi connectivity index (χ3n) is 1.99. The van der Waals surface area contributed by atoms with E-state index in [1.165, 1.54) is 12.1 Å². The second kappa shape index (κ2) is 5.43. The van der Waals surface area contributed by atoms with Crippen LogP contribution >= 0.6 is 23.1 Å². The minimum atomic E-state index is -0.217. The maximum Gasteiger partial charge on any atom is 0.150 e. The van der Waals surface area contributed by atoms with E-state index in [4.69, 9.17) is 0 Å². The molecule has 0 saturated carbocycles. The second-order valence-electron chi connectivity index (χ2n) is 3.21. The number of halogens is 1. The van der Waals surface area contributed by atoms with Crippen molar-refractivity contribution in [3.63, 3.8) is 0 Å². The SMILES string of the molecule is [NH3+]CCSc1nc(-c2ccc(F)cc2)cs1. The van der Waals surface area contributed by atoms with Crippen LogP contribution in [0.2, 0.25) is 0 Å². The molecular weight excluding hydrogens is 243 g/mol. The van der Waals surface area contributed by atoms with Gasteiger partial charge >= 0.3 is 0 Å². The summed E-state index contributed by atoms with van der Waals surface area (Å²) in [5, 5.41) is 2.00. The average Bonchev–Trinajstić information content (AvgIpc) is 2.76. The van der Waals surface area contributed by atoms with Crippen molar-refractivity contribution < 1.29 is 10.1 Å². The molecule has 0 aliphatic heterocycles. The Kier molecular flexibility index (Phi) is 3.93. The van der Waals surface area contributed by atoms with Crippen molar-refractivity contribution in [3.8, 4) is 11.3 Å². The fraction of sp³-hybridized carbons (Fsp3) is 0.182. The molecule has 3 N–H and O–H groups in total. The third-order valence-corrected chi connectivity index (χ3v) is 4.10. The average molecular weight is 255 g/mol. The molecule has 2 rings (SSSR count). The quantitative estimate of drug-likeness (QED) is 0.852. The van der Waals surface area contributed by atoms with Crippen LogP contribution in [0, 0.1) is 5.82 Å². The smallest absolute Gasteiger partial charge is 0.150 e. The third kappa shape index (κ3) is 2.81. The van der Waals surface area contributed by atoms with Gasteiger partial charge in [0.2, 0.25) is 0 Å². The number of hydrogen-bond donors (Lipinski definition) is 1. The molecule has 16 heavy (non-hydrogen) atoms. The Morgan fingerprint density at radius 1 is 1.31 bits per heavy atom. The van der Waals surface area contributed by atoms with Crippen LogP contribution in [0.4, 0.5) is 4.39 Å². The van der Waals surface area contributed by atoms with Gasteiger partial charge in [-0.3, -0.25) is 0 Å². The molecule has 2 nitrogen and oxygen atoms in total. The van der Waals surface area contributed by atoms with E-state index in [1.807, 2.05) is 5.38 Å².